The van der Waals surface area contributed by atoms with Gasteiger partial charge in [0.1, 0.15) is 5.65 Å². The number of carbonyl (C=O) groups is 1. The second-order valence-electron chi connectivity index (χ2n) is 4.52. The molecule has 0 saturated heterocycles. The molecule has 0 radical (unpaired) electrons. The summed E-state index contributed by atoms with van der Waals surface area (Å²) < 4.78 is 1.59. The predicted molar refractivity (Wildman–Crippen MR) is 78.5 cm³/mol. The Hall–Kier alpha value is -2.37. The number of hydrogen-bond donors (Lipinski definition) is 2. The Kier molecular flexibility index (Phi) is 3.37. The van der Waals surface area contributed by atoms with Crippen LogP contribution in [0.2, 0.25) is 5.02 Å². The normalized spacial score (nSPS) is 11.0. The summed E-state index contributed by atoms with van der Waals surface area (Å²) in [5.41, 5.74) is 2.67. The van der Waals surface area contributed by atoms with Gasteiger partial charge in [-0.2, -0.15) is 0 Å². The molecule has 2 aromatic heterocycles. The van der Waals surface area contributed by atoms with Crippen LogP contribution in [0.5, 0.6) is 0 Å². The number of fused-ring (bicyclic) bond motifs is 1. The number of carboxylic acid groups (broad SMARTS) is 1. The van der Waals surface area contributed by atoms with E-state index in [-0.39, 0.29) is 12.2 Å². The molecule has 21 heavy (non-hydrogen) atoms. The van der Waals surface area contributed by atoms with E-state index >= 15 is 0 Å². The molecule has 0 aliphatic heterocycles. The van der Waals surface area contributed by atoms with Crippen molar-refractivity contribution in [1.82, 2.24) is 9.38 Å². The lowest BCUT2D eigenvalue weighted by atomic mass is 10.1. The predicted octanol–water partition coefficient (Wildman–Crippen LogP) is 2.85. The zero-order valence-electron chi connectivity index (χ0n) is 10.8. The molecule has 0 fully saturated rings. The lowest BCUT2D eigenvalue weighted by Gasteiger charge is -2.03. The summed E-state index contributed by atoms with van der Waals surface area (Å²) in [5.74, 6) is -1.03. The van der Waals surface area contributed by atoms with Crippen molar-refractivity contribution in [2.75, 3.05) is 0 Å². The van der Waals surface area contributed by atoms with Crippen LogP contribution in [0, 0.1) is 0 Å². The number of imidazole rings is 1. The van der Waals surface area contributed by atoms with Gasteiger partial charge in [-0.15, -0.1) is 0 Å². The van der Waals surface area contributed by atoms with E-state index in [0.29, 0.717) is 22.1 Å². The van der Waals surface area contributed by atoms with Crippen LogP contribution in [0.4, 0.5) is 0 Å². The summed E-state index contributed by atoms with van der Waals surface area (Å²) >= 11 is 5.87. The SMILES string of the molecule is O=C(O)c1ccc2nc(-c3ccc(Cl)cc3)c(CO)n2c1. The van der Waals surface area contributed by atoms with E-state index < -0.39 is 5.97 Å². The van der Waals surface area contributed by atoms with E-state index in [2.05, 4.69) is 4.98 Å². The highest BCUT2D eigenvalue weighted by Gasteiger charge is 2.14. The molecular formula is C15H11ClN2O3. The monoisotopic (exact) mass is 302 g/mol. The number of aliphatic hydroxyl groups is 1. The molecule has 0 bridgehead atoms. The molecule has 5 nitrogen and oxygen atoms in total. The number of rotatable bonds is 3. The van der Waals surface area contributed by atoms with Gasteiger partial charge in [0.2, 0.25) is 0 Å². The van der Waals surface area contributed by atoms with E-state index in [9.17, 15) is 9.90 Å². The van der Waals surface area contributed by atoms with Crippen molar-refractivity contribution in [2.45, 2.75) is 6.61 Å². The van der Waals surface area contributed by atoms with Gasteiger partial charge in [0, 0.05) is 16.8 Å². The fraction of sp³-hybridized carbons (Fsp3) is 0.0667. The molecule has 0 spiro atoms. The Labute approximate surface area is 125 Å². The maximum atomic E-state index is 11.0. The van der Waals surface area contributed by atoms with Crippen molar-refractivity contribution in [1.29, 1.82) is 0 Å². The minimum atomic E-state index is -1.03. The van der Waals surface area contributed by atoms with E-state index in [1.165, 1.54) is 12.3 Å². The third kappa shape index (κ3) is 2.37. The molecule has 3 aromatic rings. The van der Waals surface area contributed by atoms with Crippen molar-refractivity contribution in [3.63, 3.8) is 0 Å². The highest BCUT2D eigenvalue weighted by atomic mass is 35.5. The third-order valence-electron chi connectivity index (χ3n) is 3.23. The first-order valence-corrected chi connectivity index (χ1v) is 6.59. The summed E-state index contributed by atoms with van der Waals surface area (Å²) in [7, 11) is 0. The maximum absolute atomic E-state index is 11.0. The Morgan fingerprint density at radius 2 is 1.90 bits per heavy atom. The fourth-order valence-corrected chi connectivity index (χ4v) is 2.34. The van der Waals surface area contributed by atoms with E-state index in [4.69, 9.17) is 16.7 Å². The molecule has 0 unspecified atom stereocenters. The van der Waals surface area contributed by atoms with Crippen molar-refractivity contribution < 1.29 is 15.0 Å². The van der Waals surface area contributed by atoms with Crippen LogP contribution in [0.3, 0.4) is 0 Å². The van der Waals surface area contributed by atoms with Gasteiger partial charge in [-0.05, 0) is 24.3 Å². The summed E-state index contributed by atoms with van der Waals surface area (Å²) in [4.78, 5) is 15.5. The minimum absolute atomic E-state index is 0.136. The van der Waals surface area contributed by atoms with Gasteiger partial charge >= 0.3 is 5.97 Å². The number of benzene rings is 1. The number of hydrogen-bond acceptors (Lipinski definition) is 3. The molecule has 0 amide bonds. The van der Waals surface area contributed by atoms with Crippen LogP contribution in [-0.2, 0) is 6.61 Å². The standard InChI is InChI=1S/C15H11ClN2O3/c16-11-4-1-9(2-5-11)14-12(8-19)18-7-10(15(20)21)3-6-13(18)17-14/h1-7,19H,8H2,(H,20,21). The molecule has 6 heteroatoms. The first-order chi connectivity index (χ1) is 10.1. The largest absolute Gasteiger partial charge is 0.478 e. The van der Waals surface area contributed by atoms with Crippen molar-refractivity contribution in [3.05, 3.63) is 58.9 Å². The second-order valence-corrected chi connectivity index (χ2v) is 4.96. The Balaban J connectivity index is 2.23. The average Bonchev–Trinajstić information content (AvgIpc) is 2.85. The number of halogens is 1. The van der Waals surface area contributed by atoms with Crippen LogP contribution in [0.15, 0.2) is 42.6 Å². The first kappa shape index (κ1) is 13.6. The quantitative estimate of drug-likeness (QED) is 0.780. The fourth-order valence-electron chi connectivity index (χ4n) is 2.21. The highest BCUT2D eigenvalue weighted by Crippen LogP contribution is 2.26. The van der Waals surface area contributed by atoms with Gasteiger partial charge in [-0.3, -0.25) is 0 Å². The van der Waals surface area contributed by atoms with E-state index in [0.717, 1.165) is 5.56 Å². The number of pyridine rings is 1. The zero-order chi connectivity index (χ0) is 15.0. The van der Waals surface area contributed by atoms with Crippen LogP contribution in [0.1, 0.15) is 16.1 Å². The Morgan fingerprint density at radius 1 is 1.19 bits per heavy atom. The zero-order valence-corrected chi connectivity index (χ0v) is 11.6. The van der Waals surface area contributed by atoms with Crippen LogP contribution >= 0.6 is 11.6 Å². The lowest BCUT2D eigenvalue weighted by molar-refractivity contribution is 0.0696. The van der Waals surface area contributed by atoms with Crippen LogP contribution < -0.4 is 0 Å². The molecule has 0 aliphatic rings. The molecule has 106 valence electrons. The number of nitrogens with zero attached hydrogens (tertiary/aromatic N) is 2. The smallest absolute Gasteiger partial charge is 0.337 e. The second kappa shape index (κ2) is 5.20. The van der Waals surface area contributed by atoms with Crippen molar-refractivity contribution in [3.8, 4) is 11.3 Å². The summed E-state index contributed by atoms with van der Waals surface area (Å²) in [6, 6.07) is 10.2. The minimum Gasteiger partial charge on any atom is -0.478 e. The van der Waals surface area contributed by atoms with Crippen LogP contribution in [-0.4, -0.2) is 25.6 Å². The first-order valence-electron chi connectivity index (χ1n) is 6.21. The molecule has 1 aromatic carbocycles. The number of aromatic carboxylic acids is 1. The summed E-state index contributed by atoms with van der Waals surface area (Å²) in [6.07, 6.45) is 1.45. The van der Waals surface area contributed by atoms with Crippen LogP contribution in [0.25, 0.3) is 16.9 Å². The van der Waals surface area contributed by atoms with Crippen molar-refractivity contribution in [2.24, 2.45) is 0 Å². The lowest BCUT2D eigenvalue weighted by Crippen LogP contribution is -2.01. The summed E-state index contributed by atoms with van der Waals surface area (Å²) in [6.45, 7) is -0.248. The van der Waals surface area contributed by atoms with Crippen molar-refractivity contribution >= 4 is 23.2 Å². The molecule has 2 heterocycles. The third-order valence-corrected chi connectivity index (χ3v) is 3.48. The van der Waals surface area contributed by atoms with Gasteiger partial charge in [0.15, 0.2) is 0 Å². The Bertz CT molecular complexity index is 825. The van der Waals surface area contributed by atoms with Gasteiger partial charge in [-0.25, -0.2) is 9.78 Å². The molecule has 0 saturated carbocycles. The number of aromatic nitrogens is 2. The topological polar surface area (TPSA) is 74.8 Å². The highest BCUT2D eigenvalue weighted by molar-refractivity contribution is 6.30. The molecular weight excluding hydrogens is 292 g/mol. The number of carboxylic acids is 1. The molecule has 0 atom stereocenters. The van der Waals surface area contributed by atoms with Gasteiger partial charge in [-0.1, -0.05) is 23.7 Å². The van der Waals surface area contributed by atoms with Gasteiger partial charge < -0.3 is 14.6 Å². The van der Waals surface area contributed by atoms with E-state index in [1.54, 1.807) is 34.7 Å². The molecule has 0 aliphatic carbocycles. The van der Waals surface area contributed by atoms with E-state index in [1.807, 2.05) is 0 Å². The molecule has 2 N–H and O–H groups in total. The Morgan fingerprint density at radius 3 is 2.52 bits per heavy atom. The maximum Gasteiger partial charge on any atom is 0.337 e. The van der Waals surface area contributed by atoms with Gasteiger partial charge in [0.25, 0.3) is 0 Å². The summed E-state index contributed by atoms with van der Waals surface area (Å²) in [5, 5.41) is 19.3. The molecule has 3 rings (SSSR count). The van der Waals surface area contributed by atoms with Gasteiger partial charge in [0.05, 0.1) is 23.6 Å². The number of aliphatic hydroxyl groups excluding tert-OH is 1. The average molecular weight is 303 g/mol.